The summed E-state index contributed by atoms with van der Waals surface area (Å²) in [5, 5.41) is 0.662. The predicted octanol–water partition coefficient (Wildman–Crippen LogP) is 1.45. The largest absolute Gasteiger partial charge is 0.488 e. The molecule has 0 radical (unpaired) electrons. The normalized spacial score (nSPS) is 16.5. The Bertz CT molecular complexity index is 838. The molecule has 8 heteroatoms. The monoisotopic (exact) mass is 399 g/mol. The second kappa shape index (κ2) is 8.35. The lowest BCUT2D eigenvalue weighted by Gasteiger charge is -2.31. The average Bonchev–Trinajstić information content (AvgIpc) is 2.64. The Balaban J connectivity index is 1.49. The van der Waals surface area contributed by atoms with Gasteiger partial charge in [0.05, 0.1) is 26.2 Å². The van der Waals surface area contributed by atoms with Crippen molar-refractivity contribution in [3.05, 3.63) is 59.4 Å². The number of nitrogens with zero attached hydrogens (tertiary/aromatic N) is 1. The zero-order chi connectivity index (χ0) is 18.6. The summed E-state index contributed by atoms with van der Waals surface area (Å²) < 4.78 is 46.0. The van der Waals surface area contributed by atoms with Crippen molar-refractivity contribution in [2.45, 2.75) is 4.90 Å². The van der Waals surface area contributed by atoms with Gasteiger partial charge in [-0.15, -0.1) is 0 Å². The number of piperazine rings is 1. The van der Waals surface area contributed by atoms with E-state index < -0.39 is 15.8 Å². The molecule has 0 atom stereocenters. The van der Waals surface area contributed by atoms with Crippen LogP contribution < -0.4 is 9.64 Å². The summed E-state index contributed by atoms with van der Waals surface area (Å²) in [6.07, 6.45) is 0. The molecule has 0 unspecified atom stereocenters. The van der Waals surface area contributed by atoms with Gasteiger partial charge < -0.3 is 9.64 Å². The standard InChI is InChI=1S/C18H20ClFN2O3S/c19-15-5-7-16(8-6-15)25-14-13-21-9-11-22(12-10-21)26(23,24)18-4-2-1-3-17(18)20/h1-8H,9-14H2/p+1. The van der Waals surface area contributed by atoms with Crippen molar-refractivity contribution in [3.8, 4) is 5.75 Å². The van der Waals surface area contributed by atoms with Gasteiger partial charge in [-0.3, -0.25) is 0 Å². The summed E-state index contributed by atoms with van der Waals surface area (Å²) in [4.78, 5) is 1.01. The first-order valence-corrected chi connectivity index (χ1v) is 10.3. The van der Waals surface area contributed by atoms with Crippen LogP contribution in [-0.2, 0) is 10.0 Å². The highest BCUT2D eigenvalue weighted by molar-refractivity contribution is 7.89. The van der Waals surface area contributed by atoms with E-state index in [1.807, 2.05) is 12.1 Å². The van der Waals surface area contributed by atoms with Crippen LogP contribution in [0, 0.1) is 5.82 Å². The van der Waals surface area contributed by atoms with Crippen LogP contribution in [-0.4, -0.2) is 52.1 Å². The van der Waals surface area contributed by atoms with Crippen LogP contribution in [0.5, 0.6) is 5.75 Å². The quantitative estimate of drug-likeness (QED) is 0.799. The summed E-state index contributed by atoms with van der Waals surface area (Å²) in [5.41, 5.74) is 0. The van der Waals surface area contributed by atoms with Crippen LogP contribution in [0.15, 0.2) is 53.4 Å². The molecule has 1 saturated heterocycles. The van der Waals surface area contributed by atoms with Gasteiger partial charge in [-0.05, 0) is 36.4 Å². The summed E-state index contributed by atoms with van der Waals surface area (Å²) >= 11 is 5.84. The third kappa shape index (κ3) is 4.54. The number of rotatable bonds is 6. The highest BCUT2D eigenvalue weighted by Crippen LogP contribution is 2.19. The lowest BCUT2D eigenvalue weighted by atomic mass is 10.3. The van der Waals surface area contributed by atoms with E-state index in [4.69, 9.17) is 16.3 Å². The van der Waals surface area contributed by atoms with E-state index >= 15 is 0 Å². The second-order valence-electron chi connectivity index (χ2n) is 6.14. The molecule has 3 rings (SSSR count). The van der Waals surface area contributed by atoms with Crippen molar-refractivity contribution in [1.29, 1.82) is 0 Å². The number of nitrogens with one attached hydrogen (secondary N) is 1. The van der Waals surface area contributed by atoms with Gasteiger partial charge in [-0.1, -0.05) is 23.7 Å². The molecule has 1 fully saturated rings. The van der Waals surface area contributed by atoms with E-state index in [9.17, 15) is 12.8 Å². The van der Waals surface area contributed by atoms with E-state index in [0.29, 0.717) is 37.8 Å². The zero-order valence-electron chi connectivity index (χ0n) is 14.2. The Morgan fingerprint density at radius 3 is 2.38 bits per heavy atom. The van der Waals surface area contributed by atoms with Gasteiger partial charge in [0.2, 0.25) is 10.0 Å². The Morgan fingerprint density at radius 2 is 1.73 bits per heavy atom. The maximum absolute atomic E-state index is 13.8. The number of hydrogen-bond acceptors (Lipinski definition) is 3. The number of benzene rings is 2. The molecule has 1 aliphatic rings. The third-order valence-corrected chi connectivity index (χ3v) is 6.61. The van der Waals surface area contributed by atoms with E-state index in [1.54, 1.807) is 12.1 Å². The number of quaternary nitrogens is 1. The molecule has 0 aliphatic carbocycles. The highest BCUT2D eigenvalue weighted by atomic mass is 35.5. The summed E-state index contributed by atoms with van der Waals surface area (Å²) in [5.74, 6) is 0.0493. The van der Waals surface area contributed by atoms with E-state index in [1.165, 1.54) is 33.5 Å². The highest BCUT2D eigenvalue weighted by Gasteiger charge is 2.31. The topological polar surface area (TPSA) is 51.0 Å². The Labute approximate surface area is 158 Å². The SMILES string of the molecule is O=S(=O)(c1ccccc1F)N1CC[NH+](CCOc2ccc(Cl)cc2)CC1. The molecule has 0 amide bonds. The van der Waals surface area contributed by atoms with Gasteiger partial charge in [0, 0.05) is 5.02 Å². The number of ether oxygens (including phenoxy) is 1. The molecule has 1 heterocycles. The number of sulfonamides is 1. The maximum Gasteiger partial charge on any atom is 0.246 e. The van der Waals surface area contributed by atoms with Gasteiger partial charge in [0.15, 0.2) is 0 Å². The van der Waals surface area contributed by atoms with Gasteiger partial charge in [0.1, 0.15) is 29.6 Å². The minimum Gasteiger partial charge on any atom is -0.488 e. The van der Waals surface area contributed by atoms with Gasteiger partial charge in [-0.25, -0.2) is 12.8 Å². The first-order valence-electron chi connectivity index (χ1n) is 8.43. The zero-order valence-corrected chi connectivity index (χ0v) is 15.8. The van der Waals surface area contributed by atoms with E-state index in [-0.39, 0.29) is 4.90 Å². The third-order valence-electron chi connectivity index (χ3n) is 4.42. The predicted molar refractivity (Wildman–Crippen MR) is 97.7 cm³/mol. The molecule has 1 aliphatic heterocycles. The van der Waals surface area contributed by atoms with Crippen LogP contribution in [0.2, 0.25) is 5.02 Å². The van der Waals surface area contributed by atoms with Gasteiger partial charge >= 0.3 is 0 Å². The molecule has 0 spiro atoms. The lowest BCUT2D eigenvalue weighted by Crippen LogP contribution is -3.15. The maximum atomic E-state index is 13.8. The van der Waals surface area contributed by atoms with Crippen LogP contribution in [0.1, 0.15) is 0 Å². The van der Waals surface area contributed by atoms with Crippen molar-refractivity contribution < 1.29 is 22.4 Å². The van der Waals surface area contributed by atoms with Crippen molar-refractivity contribution in [1.82, 2.24) is 4.31 Å². The molecule has 140 valence electrons. The first-order chi connectivity index (χ1) is 12.5. The van der Waals surface area contributed by atoms with Gasteiger partial charge in [-0.2, -0.15) is 4.31 Å². The minimum atomic E-state index is -3.78. The molecule has 1 N–H and O–H groups in total. The van der Waals surface area contributed by atoms with E-state index in [2.05, 4.69) is 0 Å². The fourth-order valence-electron chi connectivity index (χ4n) is 2.93. The summed E-state index contributed by atoms with van der Waals surface area (Å²) in [6, 6.07) is 12.7. The molecule has 0 bridgehead atoms. The molecule has 2 aromatic rings. The molecule has 0 saturated carbocycles. The minimum absolute atomic E-state index is 0.255. The molecule has 0 aromatic heterocycles. The summed E-state index contributed by atoms with van der Waals surface area (Å²) in [7, 11) is -3.78. The van der Waals surface area contributed by atoms with E-state index in [0.717, 1.165) is 12.3 Å². The Hall–Kier alpha value is -1.67. The van der Waals surface area contributed by atoms with Gasteiger partial charge in [0.25, 0.3) is 0 Å². The fourth-order valence-corrected chi connectivity index (χ4v) is 4.56. The lowest BCUT2D eigenvalue weighted by molar-refractivity contribution is -0.903. The summed E-state index contributed by atoms with van der Waals surface area (Å²) in [6.45, 7) is 3.38. The van der Waals surface area contributed by atoms with Crippen LogP contribution in [0.4, 0.5) is 4.39 Å². The Kier molecular flexibility index (Phi) is 6.13. The first kappa shape index (κ1) is 19.1. The average molecular weight is 400 g/mol. The molecule has 2 aromatic carbocycles. The van der Waals surface area contributed by atoms with Crippen molar-refractivity contribution >= 4 is 21.6 Å². The second-order valence-corrected chi connectivity index (χ2v) is 8.48. The number of hydrogen-bond donors (Lipinski definition) is 1. The van der Waals surface area contributed by atoms with Crippen molar-refractivity contribution in [2.75, 3.05) is 39.3 Å². The van der Waals surface area contributed by atoms with Crippen LogP contribution >= 0.6 is 11.6 Å². The van der Waals surface area contributed by atoms with Crippen LogP contribution in [0.3, 0.4) is 0 Å². The van der Waals surface area contributed by atoms with Crippen molar-refractivity contribution in [3.63, 3.8) is 0 Å². The molecule has 26 heavy (non-hydrogen) atoms. The van der Waals surface area contributed by atoms with Crippen molar-refractivity contribution in [2.24, 2.45) is 0 Å². The Morgan fingerprint density at radius 1 is 1.08 bits per heavy atom. The molecular formula is C18H21ClFN2O3S+. The molecular weight excluding hydrogens is 379 g/mol. The number of halogens is 2. The molecule has 5 nitrogen and oxygen atoms in total. The van der Waals surface area contributed by atoms with Crippen LogP contribution in [0.25, 0.3) is 0 Å². The smallest absolute Gasteiger partial charge is 0.246 e. The fraction of sp³-hybridized carbons (Fsp3) is 0.333.